The first-order valence-corrected chi connectivity index (χ1v) is 8.32. The Morgan fingerprint density at radius 1 is 1.15 bits per heavy atom. The van der Waals surface area contributed by atoms with Crippen LogP contribution >= 0.6 is 0 Å². The van der Waals surface area contributed by atoms with Gasteiger partial charge in [0.15, 0.2) is 0 Å². The van der Waals surface area contributed by atoms with E-state index in [9.17, 15) is 14.4 Å². The zero-order chi connectivity index (χ0) is 19.4. The number of amides is 1. The molecule has 0 radical (unpaired) electrons. The Morgan fingerprint density at radius 3 is 2.67 bits per heavy atom. The standard InChI is InChI=1S/C22H17FN2O2/c1-14-6-8-20(15(2)10-14)25-22(26)17(13-24)12-19-7-9-21(27-19)16-4-3-5-18(23)11-16/h3-12H,1-2H3,(H,25,26)/b17-12-. The first-order valence-electron chi connectivity index (χ1n) is 8.32. The number of furan rings is 1. The van der Waals surface area contributed by atoms with Crippen LogP contribution in [0.25, 0.3) is 17.4 Å². The fourth-order valence-electron chi connectivity index (χ4n) is 2.66. The Morgan fingerprint density at radius 2 is 1.96 bits per heavy atom. The van der Waals surface area contributed by atoms with Crippen LogP contribution in [0, 0.1) is 31.0 Å². The van der Waals surface area contributed by atoms with Crippen molar-refractivity contribution in [3.8, 4) is 17.4 Å². The molecule has 27 heavy (non-hydrogen) atoms. The van der Waals surface area contributed by atoms with Crippen LogP contribution in [0.1, 0.15) is 16.9 Å². The minimum atomic E-state index is -0.520. The first-order chi connectivity index (χ1) is 13.0. The zero-order valence-electron chi connectivity index (χ0n) is 14.9. The second-order valence-electron chi connectivity index (χ2n) is 6.15. The number of benzene rings is 2. The van der Waals surface area contributed by atoms with E-state index in [4.69, 9.17) is 4.42 Å². The molecule has 0 bridgehead atoms. The molecule has 0 spiro atoms. The number of nitrogens with zero attached hydrogens (tertiary/aromatic N) is 1. The second kappa shape index (κ2) is 7.71. The molecule has 134 valence electrons. The highest BCUT2D eigenvalue weighted by atomic mass is 19.1. The molecule has 0 aliphatic rings. The summed E-state index contributed by atoms with van der Waals surface area (Å²) in [5.74, 6) is -0.103. The second-order valence-corrected chi connectivity index (χ2v) is 6.15. The molecule has 1 aromatic heterocycles. The minimum Gasteiger partial charge on any atom is -0.457 e. The number of nitriles is 1. The number of hydrogen-bond donors (Lipinski definition) is 1. The van der Waals surface area contributed by atoms with Crippen LogP contribution in [0.15, 0.2) is 64.6 Å². The minimum absolute atomic E-state index is 0.0879. The number of nitrogens with one attached hydrogen (secondary N) is 1. The van der Waals surface area contributed by atoms with Crippen molar-refractivity contribution in [3.63, 3.8) is 0 Å². The molecule has 0 fully saturated rings. The Hall–Kier alpha value is -3.65. The summed E-state index contributed by atoms with van der Waals surface area (Å²) in [5, 5.41) is 12.1. The molecule has 0 saturated carbocycles. The maximum atomic E-state index is 13.3. The van der Waals surface area contributed by atoms with E-state index in [0.717, 1.165) is 11.1 Å². The van der Waals surface area contributed by atoms with Crippen LogP contribution in [-0.4, -0.2) is 5.91 Å². The first kappa shape index (κ1) is 18.2. The van der Waals surface area contributed by atoms with Gasteiger partial charge in [-0.15, -0.1) is 0 Å². The molecule has 3 aromatic rings. The lowest BCUT2D eigenvalue weighted by atomic mass is 10.1. The molecule has 0 aliphatic carbocycles. The predicted molar refractivity (Wildman–Crippen MR) is 102 cm³/mol. The van der Waals surface area contributed by atoms with Crippen molar-refractivity contribution in [2.45, 2.75) is 13.8 Å². The molecule has 0 aliphatic heterocycles. The summed E-state index contributed by atoms with van der Waals surface area (Å²) < 4.78 is 19.0. The van der Waals surface area contributed by atoms with E-state index in [1.165, 1.54) is 18.2 Å². The van der Waals surface area contributed by atoms with Gasteiger partial charge in [-0.1, -0.05) is 29.8 Å². The molecule has 5 heteroatoms. The lowest BCUT2D eigenvalue weighted by Gasteiger charge is -2.08. The zero-order valence-corrected chi connectivity index (χ0v) is 14.9. The highest BCUT2D eigenvalue weighted by Gasteiger charge is 2.13. The van der Waals surface area contributed by atoms with E-state index < -0.39 is 5.91 Å². The topological polar surface area (TPSA) is 66.0 Å². The smallest absolute Gasteiger partial charge is 0.266 e. The lowest BCUT2D eigenvalue weighted by Crippen LogP contribution is -2.14. The van der Waals surface area contributed by atoms with Gasteiger partial charge >= 0.3 is 0 Å². The molecule has 1 heterocycles. The Bertz CT molecular complexity index is 1070. The third-order valence-electron chi connectivity index (χ3n) is 4.02. The van der Waals surface area contributed by atoms with Crippen molar-refractivity contribution in [1.82, 2.24) is 0 Å². The number of halogens is 1. The molecule has 1 amide bonds. The van der Waals surface area contributed by atoms with Gasteiger partial charge in [0, 0.05) is 17.3 Å². The van der Waals surface area contributed by atoms with Crippen molar-refractivity contribution in [1.29, 1.82) is 5.26 Å². The monoisotopic (exact) mass is 360 g/mol. The Kier molecular flexibility index (Phi) is 5.18. The molecule has 0 unspecified atom stereocenters. The predicted octanol–water partition coefficient (Wildman–Crippen LogP) is 5.25. The number of carbonyl (C=O) groups is 1. The number of hydrogen-bond acceptors (Lipinski definition) is 3. The normalized spacial score (nSPS) is 11.1. The summed E-state index contributed by atoms with van der Waals surface area (Å²) in [7, 11) is 0. The lowest BCUT2D eigenvalue weighted by molar-refractivity contribution is -0.112. The highest BCUT2D eigenvalue weighted by molar-refractivity contribution is 6.09. The summed E-state index contributed by atoms with van der Waals surface area (Å²) >= 11 is 0. The van der Waals surface area contributed by atoms with E-state index in [1.807, 2.05) is 32.0 Å². The molecule has 1 N–H and O–H groups in total. The molecule has 3 rings (SSSR count). The summed E-state index contributed by atoms with van der Waals surface area (Å²) in [4.78, 5) is 12.4. The maximum Gasteiger partial charge on any atom is 0.266 e. The fourth-order valence-corrected chi connectivity index (χ4v) is 2.66. The van der Waals surface area contributed by atoms with Crippen molar-refractivity contribution < 1.29 is 13.6 Å². The van der Waals surface area contributed by atoms with Crippen LogP contribution < -0.4 is 5.32 Å². The van der Waals surface area contributed by atoms with Gasteiger partial charge in [-0.3, -0.25) is 4.79 Å². The molecular weight excluding hydrogens is 343 g/mol. The van der Waals surface area contributed by atoms with Gasteiger partial charge < -0.3 is 9.73 Å². The number of aryl methyl sites for hydroxylation is 2. The quantitative estimate of drug-likeness (QED) is 0.510. The summed E-state index contributed by atoms with van der Waals surface area (Å²) in [6.45, 7) is 3.85. The molecule has 0 atom stereocenters. The molecular formula is C22H17FN2O2. The summed E-state index contributed by atoms with van der Waals surface area (Å²) in [6.07, 6.45) is 1.36. The van der Waals surface area contributed by atoms with Gasteiger partial charge in [-0.05, 0) is 49.7 Å². The van der Waals surface area contributed by atoms with Crippen LogP contribution in [0.3, 0.4) is 0 Å². The van der Waals surface area contributed by atoms with E-state index in [2.05, 4.69) is 5.32 Å². The van der Waals surface area contributed by atoms with Crippen LogP contribution in [0.2, 0.25) is 0 Å². The highest BCUT2D eigenvalue weighted by Crippen LogP contribution is 2.24. The van der Waals surface area contributed by atoms with Crippen LogP contribution in [-0.2, 0) is 4.79 Å². The number of carbonyl (C=O) groups excluding carboxylic acids is 1. The van der Waals surface area contributed by atoms with E-state index >= 15 is 0 Å². The van der Waals surface area contributed by atoms with Gasteiger partial charge in [0.25, 0.3) is 5.91 Å². The van der Waals surface area contributed by atoms with Gasteiger partial charge in [-0.2, -0.15) is 5.26 Å². The van der Waals surface area contributed by atoms with Gasteiger partial charge in [0.05, 0.1) is 0 Å². The van der Waals surface area contributed by atoms with Gasteiger partial charge in [0.1, 0.15) is 29.0 Å². The van der Waals surface area contributed by atoms with E-state index in [-0.39, 0.29) is 11.4 Å². The van der Waals surface area contributed by atoms with Crippen molar-refractivity contribution >= 4 is 17.7 Å². The fraction of sp³-hybridized carbons (Fsp3) is 0.0909. The van der Waals surface area contributed by atoms with Crippen LogP contribution in [0.4, 0.5) is 10.1 Å². The Labute approximate surface area is 156 Å². The van der Waals surface area contributed by atoms with E-state index in [1.54, 1.807) is 30.3 Å². The van der Waals surface area contributed by atoms with Gasteiger partial charge in [0.2, 0.25) is 0 Å². The third-order valence-corrected chi connectivity index (χ3v) is 4.02. The van der Waals surface area contributed by atoms with Crippen molar-refractivity contribution in [2.75, 3.05) is 5.32 Å². The SMILES string of the molecule is Cc1ccc(NC(=O)/C(C#N)=C\c2ccc(-c3cccc(F)c3)o2)c(C)c1. The molecule has 2 aromatic carbocycles. The summed E-state index contributed by atoms with van der Waals surface area (Å²) in [5.41, 5.74) is 3.13. The maximum absolute atomic E-state index is 13.3. The molecule has 4 nitrogen and oxygen atoms in total. The average Bonchev–Trinajstić information content (AvgIpc) is 3.10. The summed E-state index contributed by atoms with van der Waals surface area (Å²) in [6, 6.07) is 16.8. The average molecular weight is 360 g/mol. The third kappa shape index (κ3) is 4.31. The van der Waals surface area contributed by atoms with Crippen molar-refractivity contribution in [2.24, 2.45) is 0 Å². The van der Waals surface area contributed by atoms with Crippen LogP contribution in [0.5, 0.6) is 0 Å². The largest absolute Gasteiger partial charge is 0.457 e. The van der Waals surface area contributed by atoms with Gasteiger partial charge in [-0.25, -0.2) is 4.39 Å². The number of anilines is 1. The van der Waals surface area contributed by atoms with E-state index in [0.29, 0.717) is 22.8 Å². The van der Waals surface area contributed by atoms with Crippen molar-refractivity contribution in [3.05, 3.63) is 82.9 Å². The molecule has 0 saturated heterocycles. The Balaban J connectivity index is 1.82. The number of rotatable bonds is 4.